The molecule has 1 amide bonds. The normalized spacial score (nSPS) is 17.8. The van der Waals surface area contributed by atoms with E-state index in [1.54, 1.807) is 0 Å². The van der Waals surface area contributed by atoms with E-state index in [9.17, 15) is 31.9 Å². The van der Waals surface area contributed by atoms with Crippen molar-refractivity contribution < 1.29 is 41.1 Å². The van der Waals surface area contributed by atoms with E-state index in [0.29, 0.717) is 0 Å². The van der Waals surface area contributed by atoms with Gasteiger partial charge in [-0.1, -0.05) is 5.16 Å². The van der Waals surface area contributed by atoms with Crippen molar-refractivity contribution >= 4 is 11.6 Å². The molecule has 0 aliphatic carbocycles. The van der Waals surface area contributed by atoms with E-state index in [1.807, 2.05) is 0 Å². The van der Waals surface area contributed by atoms with Crippen LogP contribution in [-0.2, 0) is 5.72 Å². The van der Waals surface area contributed by atoms with Gasteiger partial charge in [0.05, 0.1) is 25.0 Å². The molecule has 1 fully saturated rings. The molecule has 1 aliphatic rings. The maximum absolute atomic E-state index is 13.1. The molecule has 2 aromatic heterocycles. The standard InChI is InChI=1S/C16H16F5N5O4/c1-8-23-13(25-30-8)14(2,28)24-12(27)9-3-11(29-7-16(19,20)21)10(4-22-9)26-5-15(17,18)6-26/h3-4,28H,5-7H2,1-2H3,(H,24,27)/t14-/m0/s1. The van der Waals surface area contributed by atoms with Crippen LogP contribution in [0.5, 0.6) is 5.75 Å². The van der Waals surface area contributed by atoms with Gasteiger partial charge in [-0.25, -0.2) is 13.8 Å². The number of amides is 1. The van der Waals surface area contributed by atoms with Crippen LogP contribution in [0.3, 0.4) is 0 Å². The fraction of sp³-hybridized carbons (Fsp3) is 0.500. The highest BCUT2D eigenvalue weighted by molar-refractivity contribution is 5.93. The zero-order valence-corrected chi connectivity index (χ0v) is 15.6. The monoisotopic (exact) mass is 437 g/mol. The van der Waals surface area contributed by atoms with Crippen LogP contribution in [0.4, 0.5) is 27.6 Å². The first-order chi connectivity index (χ1) is 13.8. The minimum atomic E-state index is -4.69. The number of nitrogens with zero attached hydrogens (tertiary/aromatic N) is 4. The number of alkyl halides is 5. The van der Waals surface area contributed by atoms with Crippen LogP contribution in [0, 0.1) is 6.92 Å². The smallest absolute Gasteiger partial charge is 0.422 e. The number of anilines is 1. The molecule has 9 nitrogen and oxygen atoms in total. The van der Waals surface area contributed by atoms with Crippen LogP contribution < -0.4 is 15.0 Å². The summed E-state index contributed by atoms with van der Waals surface area (Å²) in [5.41, 5.74) is -2.63. The van der Waals surface area contributed by atoms with Crippen molar-refractivity contribution in [3.63, 3.8) is 0 Å². The van der Waals surface area contributed by atoms with Crippen molar-refractivity contribution in [3.05, 3.63) is 29.7 Å². The average molecular weight is 437 g/mol. The first kappa shape index (κ1) is 21.7. The number of aromatic nitrogens is 3. The Morgan fingerprint density at radius 3 is 2.60 bits per heavy atom. The molecular formula is C16H16F5N5O4. The summed E-state index contributed by atoms with van der Waals surface area (Å²) in [7, 11) is 0. The second-order valence-corrected chi connectivity index (χ2v) is 6.82. The van der Waals surface area contributed by atoms with Crippen LogP contribution in [-0.4, -0.2) is 57.9 Å². The van der Waals surface area contributed by atoms with Gasteiger partial charge >= 0.3 is 6.18 Å². The lowest BCUT2D eigenvalue weighted by Crippen LogP contribution is -2.56. The van der Waals surface area contributed by atoms with Crippen molar-refractivity contribution in [2.45, 2.75) is 31.7 Å². The fourth-order valence-electron chi connectivity index (χ4n) is 2.59. The summed E-state index contributed by atoms with van der Waals surface area (Å²) in [5.74, 6) is -4.59. The van der Waals surface area contributed by atoms with Gasteiger partial charge in [0.15, 0.2) is 12.3 Å². The van der Waals surface area contributed by atoms with Gasteiger partial charge in [-0.05, 0) is 6.92 Å². The third-order valence-electron chi connectivity index (χ3n) is 3.98. The Morgan fingerprint density at radius 2 is 2.07 bits per heavy atom. The topological polar surface area (TPSA) is 114 Å². The highest BCUT2D eigenvalue weighted by Gasteiger charge is 2.45. The molecule has 0 saturated carbocycles. The molecule has 0 aromatic carbocycles. The molecule has 0 spiro atoms. The van der Waals surface area contributed by atoms with E-state index in [-0.39, 0.29) is 17.4 Å². The number of aliphatic hydroxyl groups is 1. The lowest BCUT2D eigenvalue weighted by Gasteiger charge is -2.40. The Morgan fingerprint density at radius 1 is 1.40 bits per heavy atom. The van der Waals surface area contributed by atoms with Gasteiger partial charge in [0.25, 0.3) is 11.8 Å². The van der Waals surface area contributed by atoms with Gasteiger partial charge in [0.2, 0.25) is 11.7 Å². The zero-order chi connectivity index (χ0) is 22.3. The molecule has 164 valence electrons. The zero-order valence-electron chi connectivity index (χ0n) is 15.6. The number of nitrogens with one attached hydrogen (secondary N) is 1. The minimum Gasteiger partial charge on any atom is -0.482 e. The predicted molar refractivity (Wildman–Crippen MR) is 89.0 cm³/mol. The van der Waals surface area contributed by atoms with Gasteiger partial charge in [-0.3, -0.25) is 4.79 Å². The molecule has 2 N–H and O–H groups in total. The Bertz CT molecular complexity index is 938. The second kappa shape index (κ2) is 7.34. The number of pyridine rings is 1. The van der Waals surface area contributed by atoms with Crippen molar-refractivity contribution in [1.29, 1.82) is 0 Å². The number of rotatable bonds is 6. The number of hydrogen-bond acceptors (Lipinski definition) is 8. The molecule has 1 saturated heterocycles. The van der Waals surface area contributed by atoms with Crippen LogP contribution in [0.15, 0.2) is 16.8 Å². The molecule has 1 aliphatic heterocycles. The summed E-state index contributed by atoms with van der Waals surface area (Å²) in [6.07, 6.45) is -3.74. The summed E-state index contributed by atoms with van der Waals surface area (Å²) in [5, 5.41) is 16.0. The van der Waals surface area contributed by atoms with Crippen LogP contribution in [0.1, 0.15) is 29.1 Å². The van der Waals surface area contributed by atoms with Gasteiger partial charge in [0.1, 0.15) is 11.4 Å². The fourth-order valence-corrected chi connectivity index (χ4v) is 2.59. The van der Waals surface area contributed by atoms with E-state index in [4.69, 9.17) is 9.26 Å². The Hall–Kier alpha value is -3.03. The summed E-state index contributed by atoms with van der Waals surface area (Å²) in [4.78, 5) is 21.1. The third-order valence-corrected chi connectivity index (χ3v) is 3.98. The lowest BCUT2D eigenvalue weighted by molar-refractivity contribution is -0.153. The second-order valence-electron chi connectivity index (χ2n) is 6.82. The number of halogens is 5. The van der Waals surface area contributed by atoms with Crippen LogP contribution in [0.25, 0.3) is 0 Å². The van der Waals surface area contributed by atoms with E-state index >= 15 is 0 Å². The summed E-state index contributed by atoms with van der Waals surface area (Å²) in [6, 6.07) is 0.866. The van der Waals surface area contributed by atoms with Crippen molar-refractivity contribution in [2.75, 3.05) is 24.6 Å². The number of carbonyl (C=O) groups is 1. The van der Waals surface area contributed by atoms with Gasteiger partial charge in [-0.2, -0.15) is 18.2 Å². The van der Waals surface area contributed by atoms with Crippen molar-refractivity contribution in [1.82, 2.24) is 20.4 Å². The molecular weight excluding hydrogens is 421 g/mol. The molecule has 14 heteroatoms. The molecule has 30 heavy (non-hydrogen) atoms. The minimum absolute atomic E-state index is 0.121. The maximum Gasteiger partial charge on any atom is 0.422 e. The Kier molecular flexibility index (Phi) is 5.30. The van der Waals surface area contributed by atoms with E-state index in [0.717, 1.165) is 24.1 Å². The van der Waals surface area contributed by atoms with Crippen LogP contribution >= 0.6 is 0 Å². The van der Waals surface area contributed by atoms with E-state index < -0.39 is 54.9 Å². The Labute approximate surface area is 165 Å². The molecule has 0 bridgehead atoms. The quantitative estimate of drug-likeness (QED) is 0.519. The van der Waals surface area contributed by atoms with Crippen LogP contribution in [0.2, 0.25) is 0 Å². The predicted octanol–water partition coefficient (Wildman–Crippen LogP) is 1.76. The third kappa shape index (κ3) is 4.93. The first-order valence-corrected chi connectivity index (χ1v) is 8.44. The highest BCUT2D eigenvalue weighted by Crippen LogP contribution is 2.37. The number of carbonyl (C=O) groups excluding carboxylic acids is 1. The SMILES string of the molecule is Cc1nc([C@](C)(O)NC(=O)c2cc(OCC(F)(F)F)c(N3CC(F)(F)C3)cn2)no1. The molecule has 3 heterocycles. The van der Waals surface area contributed by atoms with E-state index in [2.05, 4.69) is 20.4 Å². The summed E-state index contributed by atoms with van der Waals surface area (Å²) >= 11 is 0. The van der Waals surface area contributed by atoms with Gasteiger partial charge in [-0.15, -0.1) is 0 Å². The molecule has 0 unspecified atom stereocenters. The molecule has 1 atom stereocenters. The van der Waals surface area contributed by atoms with Crippen molar-refractivity contribution in [2.24, 2.45) is 0 Å². The largest absolute Gasteiger partial charge is 0.482 e. The van der Waals surface area contributed by atoms with Gasteiger partial charge < -0.3 is 24.6 Å². The average Bonchev–Trinajstić information content (AvgIpc) is 3.04. The number of ether oxygens (including phenoxy) is 1. The summed E-state index contributed by atoms with van der Waals surface area (Å²) < 4.78 is 73.4. The molecule has 3 rings (SSSR count). The lowest BCUT2D eigenvalue weighted by atomic mass is 10.1. The number of aryl methyl sites for hydroxylation is 1. The number of hydrogen-bond donors (Lipinski definition) is 2. The highest BCUT2D eigenvalue weighted by atomic mass is 19.4. The van der Waals surface area contributed by atoms with E-state index in [1.165, 1.54) is 6.92 Å². The molecule has 2 aromatic rings. The van der Waals surface area contributed by atoms with Gasteiger partial charge in [0, 0.05) is 13.0 Å². The molecule has 0 radical (unpaired) electrons. The summed E-state index contributed by atoms with van der Waals surface area (Å²) in [6.45, 7) is -0.552. The maximum atomic E-state index is 13.1. The Balaban J connectivity index is 1.83. The van der Waals surface area contributed by atoms with Crippen molar-refractivity contribution in [3.8, 4) is 5.75 Å². The first-order valence-electron chi connectivity index (χ1n) is 8.44.